The lowest BCUT2D eigenvalue weighted by Crippen LogP contribution is -2.66. The predicted octanol–water partition coefficient (Wildman–Crippen LogP) is 10.4. The van der Waals surface area contributed by atoms with Gasteiger partial charge in [-0.2, -0.15) is 0 Å². The van der Waals surface area contributed by atoms with Crippen molar-refractivity contribution in [1.82, 2.24) is 14.9 Å². The second-order valence-corrected chi connectivity index (χ2v) is 22.7. The normalized spacial score (nSPS) is 39.8. The zero-order valence-electron chi connectivity index (χ0n) is 38.0. The van der Waals surface area contributed by atoms with Crippen molar-refractivity contribution >= 4 is 24.1 Å². The number of nitrogens with one attached hydrogen (secondary N) is 1. The summed E-state index contributed by atoms with van der Waals surface area (Å²) in [6, 6.07) is 6.16. The lowest BCUT2D eigenvalue weighted by molar-refractivity contribution is -0.237. The van der Waals surface area contributed by atoms with E-state index in [0.717, 1.165) is 80.4 Å². The number of carbonyl (C=O) groups excluding carboxylic acids is 4. The van der Waals surface area contributed by atoms with Crippen molar-refractivity contribution in [3.8, 4) is 11.3 Å². The van der Waals surface area contributed by atoms with Gasteiger partial charge in [0.2, 0.25) is 5.91 Å². The molecule has 2 aromatic rings. The van der Waals surface area contributed by atoms with E-state index >= 15 is 4.79 Å². The van der Waals surface area contributed by atoms with Gasteiger partial charge >= 0.3 is 5.97 Å². The number of allylic oxidation sites excluding steroid dienone is 1. The van der Waals surface area contributed by atoms with Crippen molar-refractivity contribution in [1.29, 1.82) is 0 Å². The summed E-state index contributed by atoms with van der Waals surface area (Å²) in [5, 5.41) is 0. The minimum absolute atomic E-state index is 0.00133. The zero-order valence-corrected chi connectivity index (χ0v) is 38.0. The Labute approximate surface area is 361 Å². The average molecular weight is 838 g/mol. The predicted molar refractivity (Wildman–Crippen MR) is 230 cm³/mol. The van der Waals surface area contributed by atoms with Crippen LogP contribution in [0, 0.1) is 67.9 Å². The molecule has 1 aromatic carbocycles. The fraction of sp³-hybridized carbons (Fsp3) is 0.706. The number of halogens is 1. The summed E-state index contributed by atoms with van der Waals surface area (Å²) in [5.41, 5.74) is 2.19. The van der Waals surface area contributed by atoms with E-state index in [2.05, 4.69) is 53.5 Å². The largest absolute Gasteiger partial charge is 0.464 e. The van der Waals surface area contributed by atoms with Gasteiger partial charge in [-0.25, -0.2) is 9.37 Å². The highest BCUT2D eigenvalue weighted by atomic mass is 19.1. The molecule has 7 aliphatic rings. The highest BCUT2D eigenvalue weighted by molar-refractivity contribution is 6.07. The van der Waals surface area contributed by atoms with Gasteiger partial charge in [0.05, 0.1) is 29.3 Å². The topological polar surface area (TPSA) is 119 Å². The summed E-state index contributed by atoms with van der Waals surface area (Å²) in [4.78, 5) is 65.0. The third-order valence-corrected chi connectivity index (χ3v) is 19.3. The Morgan fingerprint density at radius 1 is 0.885 bits per heavy atom. The summed E-state index contributed by atoms with van der Waals surface area (Å²) < 4.78 is 25.5. The van der Waals surface area contributed by atoms with Gasteiger partial charge in [-0.15, -0.1) is 0 Å². The van der Waals surface area contributed by atoms with Crippen LogP contribution < -0.4 is 0 Å². The maximum absolute atomic E-state index is 15.5. The molecule has 9 nitrogen and oxygen atoms in total. The molecule has 5 saturated carbocycles. The van der Waals surface area contributed by atoms with Gasteiger partial charge in [0.25, 0.3) is 6.47 Å². The van der Waals surface area contributed by atoms with E-state index in [4.69, 9.17) is 14.5 Å². The van der Waals surface area contributed by atoms with Crippen molar-refractivity contribution in [3.63, 3.8) is 0 Å². The van der Waals surface area contributed by atoms with Gasteiger partial charge in [-0.05, 0) is 152 Å². The Morgan fingerprint density at radius 2 is 1.62 bits per heavy atom. The molecule has 2 heterocycles. The standard InChI is InChI=1S/C51H68FN3O6/c1-29(2)41-36(57)26-51(45(59)55-24-10-11-35(55)43-53-27-34(54-43)30-12-14-31(52)15-13-30)23-22-49(8)32(42(41)51)16-17-38-48(7)20-19-39(47(5,6)37(48)18-21-50(38,49)9)61-44(58)33-25-40(60-28-56)46(33,3)4/h12-15,27-29,32-33,35,37-40H,10-11,16-26H2,1-9H3,(H,53,54)/t32-,33-,35+,37+,38-,39+,40-,48+,49-,50-,51-/m1/s1. The number of H-pyrrole nitrogens is 1. The lowest BCUT2D eigenvalue weighted by atomic mass is 9.33. The highest BCUT2D eigenvalue weighted by Crippen LogP contribution is 2.77. The van der Waals surface area contributed by atoms with Gasteiger partial charge in [0.1, 0.15) is 23.8 Å². The van der Waals surface area contributed by atoms with Crippen LogP contribution in [0.25, 0.3) is 11.3 Å². The minimum atomic E-state index is -0.835. The molecular formula is C51H68FN3O6. The van der Waals surface area contributed by atoms with Crippen LogP contribution in [-0.4, -0.2) is 57.8 Å². The number of ether oxygens (including phenoxy) is 2. The monoisotopic (exact) mass is 838 g/mol. The number of rotatable bonds is 8. The fourth-order valence-corrected chi connectivity index (χ4v) is 15.7. The average Bonchev–Trinajstić information content (AvgIpc) is 3.96. The number of amides is 1. The van der Waals surface area contributed by atoms with E-state index in [-0.39, 0.29) is 87.6 Å². The molecule has 9 rings (SSSR count). The molecule has 1 saturated heterocycles. The molecule has 0 radical (unpaired) electrons. The summed E-state index contributed by atoms with van der Waals surface area (Å²) in [7, 11) is 0. The number of imidazole rings is 1. The molecule has 0 unspecified atom stereocenters. The number of nitrogens with zero attached hydrogens (tertiary/aromatic N) is 2. The molecule has 1 aliphatic heterocycles. The molecule has 11 atom stereocenters. The number of ketones is 1. The van der Waals surface area contributed by atoms with Crippen LogP contribution in [0.15, 0.2) is 41.6 Å². The Kier molecular flexibility index (Phi) is 9.99. The van der Waals surface area contributed by atoms with E-state index in [1.54, 1.807) is 18.3 Å². The SMILES string of the molecule is CC(C)C1=C2[C@H]3CC[C@@H]4[C@@]5(C)CC[C@H](OC(=O)[C@H]6C[C@@H](OC=O)C6(C)C)C(C)(C)[C@@H]5CC[C@@]4(C)[C@]3(C)CC[C@@]2(C(=O)N2CCC[C@H]2c2ncc(-c3ccc(F)cc3)[nH]2)CC1=O. The number of fused-ring (bicyclic) bond motifs is 7. The highest BCUT2D eigenvalue weighted by Gasteiger charge is 2.71. The van der Waals surface area contributed by atoms with Gasteiger partial charge in [-0.1, -0.05) is 62.3 Å². The zero-order chi connectivity index (χ0) is 43.7. The third-order valence-electron chi connectivity index (χ3n) is 19.3. The number of esters is 1. The van der Waals surface area contributed by atoms with Crippen molar-refractivity contribution in [2.75, 3.05) is 6.54 Å². The summed E-state index contributed by atoms with van der Waals surface area (Å²) in [6.45, 7) is 21.7. The van der Waals surface area contributed by atoms with Crippen LogP contribution in [0.2, 0.25) is 0 Å². The maximum atomic E-state index is 15.5. The van der Waals surface area contributed by atoms with Crippen molar-refractivity contribution in [2.45, 2.75) is 158 Å². The molecule has 61 heavy (non-hydrogen) atoms. The van der Waals surface area contributed by atoms with Crippen LogP contribution in [0.4, 0.5) is 4.39 Å². The van der Waals surface area contributed by atoms with E-state index in [1.165, 1.54) is 17.7 Å². The van der Waals surface area contributed by atoms with E-state index < -0.39 is 10.8 Å². The fourth-order valence-electron chi connectivity index (χ4n) is 15.7. The first-order valence-corrected chi connectivity index (χ1v) is 23.4. The van der Waals surface area contributed by atoms with Crippen LogP contribution in [0.3, 0.4) is 0 Å². The van der Waals surface area contributed by atoms with E-state index in [9.17, 15) is 18.8 Å². The summed E-state index contributed by atoms with van der Waals surface area (Å²) in [5.74, 6) is 1.29. The molecule has 1 aromatic heterocycles. The van der Waals surface area contributed by atoms with Gasteiger partial charge in [0, 0.05) is 23.8 Å². The molecule has 0 bridgehead atoms. The Hall–Kier alpha value is -3.82. The second-order valence-electron chi connectivity index (χ2n) is 22.7. The van der Waals surface area contributed by atoms with Crippen molar-refractivity contribution in [3.05, 3.63) is 53.3 Å². The number of Topliss-reactive ketones (excluding diaryl/α,β-unsaturated/α-hetero) is 1. The molecule has 6 fully saturated rings. The van der Waals surface area contributed by atoms with Crippen molar-refractivity contribution < 1.29 is 33.0 Å². The quantitative estimate of drug-likeness (QED) is 0.208. The molecular weight excluding hydrogens is 770 g/mol. The van der Waals surface area contributed by atoms with Gasteiger partial charge in [0.15, 0.2) is 5.78 Å². The molecule has 0 spiro atoms. The first kappa shape index (κ1) is 42.5. The van der Waals surface area contributed by atoms with E-state index in [1.807, 2.05) is 18.7 Å². The number of likely N-dealkylation sites (tertiary alicyclic amines) is 1. The van der Waals surface area contributed by atoms with E-state index in [0.29, 0.717) is 37.7 Å². The molecule has 330 valence electrons. The molecule has 1 amide bonds. The van der Waals surface area contributed by atoms with Gasteiger partial charge < -0.3 is 19.4 Å². The molecule has 6 aliphatic carbocycles. The van der Waals surface area contributed by atoms with Crippen LogP contribution >= 0.6 is 0 Å². The first-order valence-electron chi connectivity index (χ1n) is 23.4. The maximum Gasteiger partial charge on any atom is 0.310 e. The van der Waals surface area contributed by atoms with Crippen molar-refractivity contribution in [2.24, 2.45) is 62.1 Å². The Morgan fingerprint density at radius 3 is 2.31 bits per heavy atom. The molecule has 10 heteroatoms. The smallest absolute Gasteiger partial charge is 0.310 e. The van der Waals surface area contributed by atoms with Crippen LogP contribution in [0.1, 0.15) is 151 Å². The number of benzene rings is 1. The number of hydrogen-bond acceptors (Lipinski definition) is 7. The Balaban J connectivity index is 0.986. The van der Waals surface area contributed by atoms with Gasteiger partial charge in [-0.3, -0.25) is 19.2 Å². The first-order chi connectivity index (χ1) is 28.7. The minimum Gasteiger partial charge on any atom is -0.464 e. The number of carbonyl (C=O) groups is 4. The van der Waals surface area contributed by atoms with Crippen LogP contribution in [-0.2, 0) is 28.7 Å². The second kappa shape index (κ2) is 14.4. The number of aromatic amines is 1. The number of aromatic nitrogens is 2. The molecule has 1 N–H and O–H groups in total. The third kappa shape index (κ3) is 5.97. The number of hydrogen-bond donors (Lipinski definition) is 1. The Bertz CT molecular complexity index is 2160. The summed E-state index contributed by atoms with van der Waals surface area (Å²) >= 11 is 0. The summed E-state index contributed by atoms with van der Waals surface area (Å²) in [6.07, 6.45) is 11.3. The lowest BCUT2D eigenvalue weighted by Gasteiger charge is -2.72. The van der Waals surface area contributed by atoms with Crippen LogP contribution in [0.5, 0.6) is 0 Å².